The van der Waals surface area contributed by atoms with Crippen LogP contribution in [0.4, 0.5) is 0 Å². The van der Waals surface area contributed by atoms with E-state index in [9.17, 15) is 4.79 Å². The van der Waals surface area contributed by atoms with Gasteiger partial charge in [0.05, 0.1) is 17.9 Å². The van der Waals surface area contributed by atoms with Crippen LogP contribution in [0.15, 0.2) is 6.20 Å². The van der Waals surface area contributed by atoms with E-state index in [-0.39, 0.29) is 24.0 Å². The van der Waals surface area contributed by atoms with Gasteiger partial charge < -0.3 is 11.1 Å². The van der Waals surface area contributed by atoms with E-state index < -0.39 is 0 Å². The van der Waals surface area contributed by atoms with Crippen LogP contribution in [-0.2, 0) is 11.3 Å². The van der Waals surface area contributed by atoms with Crippen LogP contribution in [0.25, 0.3) is 0 Å². The van der Waals surface area contributed by atoms with Crippen molar-refractivity contribution in [3.05, 3.63) is 11.9 Å². The van der Waals surface area contributed by atoms with Crippen LogP contribution in [0.2, 0.25) is 0 Å². The molecule has 0 aromatic carbocycles. The molecule has 0 radical (unpaired) electrons. The van der Waals surface area contributed by atoms with Gasteiger partial charge in [0.1, 0.15) is 6.54 Å². The molecule has 18 heavy (non-hydrogen) atoms. The van der Waals surface area contributed by atoms with E-state index in [1.165, 1.54) is 4.68 Å². The molecule has 0 aliphatic heterocycles. The Balaban J connectivity index is 2.62. The maximum atomic E-state index is 11.7. The third-order valence-corrected chi connectivity index (χ3v) is 2.44. The molecule has 1 aromatic heterocycles. The van der Waals surface area contributed by atoms with Crippen molar-refractivity contribution in [1.29, 1.82) is 0 Å². The van der Waals surface area contributed by atoms with Crippen molar-refractivity contribution in [3.8, 4) is 0 Å². The fourth-order valence-electron chi connectivity index (χ4n) is 1.49. The molecule has 1 atom stereocenters. The smallest absolute Gasteiger partial charge is 0.242 e. The number of carbonyl (C=O) groups excluding carboxylic acids is 1. The number of nitrogens with one attached hydrogen (secondary N) is 1. The molecule has 1 unspecified atom stereocenters. The first-order valence-electron chi connectivity index (χ1n) is 6.15. The Morgan fingerprint density at radius 2 is 2.11 bits per heavy atom. The molecule has 0 saturated heterocycles. The minimum Gasteiger partial charge on any atom is -0.350 e. The lowest BCUT2D eigenvalue weighted by Crippen LogP contribution is -2.42. The van der Waals surface area contributed by atoms with Gasteiger partial charge in [-0.15, -0.1) is 5.10 Å². The van der Waals surface area contributed by atoms with E-state index in [0.29, 0.717) is 11.6 Å². The van der Waals surface area contributed by atoms with Gasteiger partial charge >= 0.3 is 0 Å². The fourth-order valence-corrected chi connectivity index (χ4v) is 1.49. The second-order valence-electron chi connectivity index (χ2n) is 5.91. The third-order valence-electron chi connectivity index (χ3n) is 2.44. The number of rotatable bonds is 4. The highest BCUT2D eigenvalue weighted by Gasteiger charge is 2.17. The van der Waals surface area contributed by atoms with E-state index in [1.807, 2.05) is 34.6 Å². The largest absolute Gasteiger partial charge is 0.350 e. The molecule has 1 rings (SSSR count). The van der Waals surface area contributed by atoms with Gasteiger partial charge in [-0.2, -0.15) is 0 Å². The Hall–Kier alpha value is -1.43. The molecule has 102 valence electrons. The van der Waals surface area contributed by atoms with Crippen molar-refractivity contribution in [3.63, 3.8) is 0 Å². The Bertz CT molecular complexity index is 405. The molecule has 0 bridgehead atoms. The van der Waals surface area contributed by atoms with Crippen molar-refractivity contribution in [2.24, 2.45) is 11.7 Å². The summed E-state index contributed by atoms with van der Waals surface area (Å²) in [7, 11) is 0. The van der Waals surface area contributed by atoms with Gasteiger partial charge in [-0.05, 0) is 26.7 Å². The highest BCUT2D eigenvalue weighted by Crippen LogP contribution is 2.15. The van der Waals surface area contributed by atoms with Crippen LogP contribution >= 0.6 is 0 Å². The summed E-state index contributed by atoms with van der Waals surface area (Å²) in [6.07, 6.45) is 1.73. The SMILES string of the molecule is CC(C)C(N)c1cn(CC(=O)NC(C)(C)C)nn1. The first-order valence-corrected chi connectivity index (χ1v) is 6.15. The maximum Gasteiger partial charge on any atom is 0.242 e. The number of hydrogen-bond donors (Lipinski definition) is 2. The number of nitrogens with two attached hydrogens (primary N) is 1. The molecule has 0 aliphatic carbocycles. The van der Waals surface area contributed by atoms with E-state index in [4.69, 9.17) is 5.73 Å². The molecule has 0 saturated carbocycles. The Morgan fingerprint density at radius 3 is 2.61 bits per heavy atom. The molecule has 0 aliphatic rings. The quantitative estimate of drug-likeness (QED) is 0.833. The summed E-state index contributed by atoms with van der Waals surface area (Å²) in [6, 6.07) is -0.149. The predicted octanol–water partition coefficient (Wildman–Crippen LogP) is 0.849. The molecule has 1 aromatic rings. The molecule has 6 nitrogen and oxygen atoms in total. The van der Waals surface area contributed by atoms with Gasteiger partial charge in [-0.3, -0.25) is 4.79 Å². The van der Waals surface area contributed by atoms with Crippen molar-refractivity contribution < 1.29 is 4.79 Å². The average molecular weight is 253 g/mol. The molecule has 3 N–H and O–H groups in total. The van der Waals surface area contributed by atoms with E-state index in [2.05, 4.69) is 15.6 Å². The Kier molecular flexibility index (Phi) is 4.45. The Labute approximate surface area is 108 Å². The predicted molar refractivity (Wildman–Crippen MR) is 69.7 cm³/mol. The van der Waals surface area contributed by atoms with Gasteiger partial charge in [-0.1, -0.05) is 19.1 Å². The van der Waals surface area contributed by atoms with Crippen LogP contribution in [0.5, 0.6) is 0 Å². The zero-order valence-corrected chi connectivity index (χ0v) is 11.8. The third kappa shape index (κ3) is 4.44. The molecule has 1 heterocycles. The lowest BCUT2D eigenvalue weighted by Gasteiger charge is -2.20. The van der Waals surface area contributed by atoms with Crippen molar-refractivity contribution in [2.45, 2.75) is 52.7 Å². The van der Waals surface area contributed by atoms with Gasteiger partial charge in [0.15, 0.2) is 0 Å². The average Bonchev–Trinajstić information content (AvgIpc) is 2.61. The van der Waals surface area contributed by atoms with Gasteiger partial charge in [0.25, 0.3) is 0 Å². The zero-order chi connectivity index (χ0) is 13.9. The molecular formula is C12H23N5O. The topological polar surface area (TPSA) is 85.8 Å². The lowest BCUT2D eigenvalue weighted by atomic mass is 10.0. The zero-order valence-electron chi connectivity index (χ0n) is 11.8. The first-order chi connectivity index (χ1) is 8.19. The van der Waals surface area contributed by atoms with Gasteiger partial charge in [0.2, 0.25) is 5.91 Å². The highest BCUT2D eigenvalue weighted by molar-refractivity contribution is 5.76. The summed E-state index contributed by atoms with van der Waals surface area (Å²) in [5.41, 5.74) is 6.44. The number of hydrogen-bond acceptors (Lipinski definition) is 4. The van der Waals surface area contributed by atoms with Crippen LogP contribution in [0, 0.1) is 5.92 Å². The van der Waals surface area contributed by atoms with Gasteiger partial charge in [0, 0.05) is 5.54 Å². The molecule has 0 spiro atoms. The normalized spacial score (nSPS) is 13.7. The van der Waals surface area contributed by atoms with Crippen LogP contribution in [0.3, 0.4) is 0 Å². The summed E-state index contributed by atoms with van der Waals surface area (Å²) < 4.78 is 1.51. The minimum atomic E-state index is -0.241. The first kappa shape index (κ1) is 14.6. The van der Waals surface area contributed by atoms with Gasteiger partial charge in [-0.25, -0.2) is 4.68 Å². The summed E-state index contributed by atoms with van der Waals surface area (Å²) in [4.78, 5) is 11.7. The van der Waals surface area contributed by atoms with Crippen molar-refractivity contribution in [1.82, 2.24) is 20.3 Å². The summed E-state index contributed by atoms with van der Waals surface area (Å²) in [5.74, 6) is 0.204. The summed E-state index contributed by atoms with van der Waals surface area (Å²) in [6.45, 7) is 10.0. The minimum absolute atomic E-state index is 0.0860. The monoisotopic (exact) mass is 253 g/mol. The number of amides is 1. The number of aromatic nitrogens is 3. The molecule has 6 heteroatoms. The second kappa shape index (κ2) is 5.48. The van der Waals surface area contributed by atoms with Crippen LogP contribution in [0.1, 0.15) is 46.4 Å². The van der Waals surface area contributed by atoms with E-state index in [1.54, 1.807) is 6.20 Å². The number of carbonyl (C=O) groups is 1. The van der Waals surface area contributed by atoms with E-state index >= 15 is 0 Å². The van der Waals surface area contributed by atoms with Crippen LogP contribution in [-0.4, -0.2) is 26.4 Å². The maximum absolute atomic E-state index is 11.7. The van der Waals surface area contributed by atoms with Crippen LogP contribution < -0.4 is 11.1 Å². The lowest BCUT2D eigenvalue weighted by molar-refractivity contribution is -0.123. The van der Waals surface area contributed by atoms with E-state index in [0.717, 1.165) is 0 Å². The standard InChI is InChI=1S/C12H23N5O/c1-8(2)11(13)9-6-17(16-15-9)7-10(18)14-12(3,4)5/h6,8,11H,7,13H2,1-5H3,(H,14,18). The Morgan fingerprint density at radius 1 is 1.50 bits per heavy atom. The number of nitrogens with zero attached hydrogens (tertiary/aromatic N) is 3. The summed E-state index contributed by atoms with van der Waals surface area (Å²) in [5, 5.41) is 10.8. The fraction of sp³-hybridized carbons (Fsp3) is 0.750. The molecule has 0 fully saturated rings. The molecular weight excluding hydrogens is 230 g/mol. The van der Waals surface area contributed by atoms with Crippen molar-refractivity contribution >= 4 is 5.91 Å². The summed E-state index contributed by atoms with van der Waals surface area (Å²) >= 11 is 0. The highest BCUT2D eigenvalue weighted by atomic mass is 16.2. The molecule has 1 amide bonds. The van der Waals surface area contributed by atoms with Crippen molar-refractivity contribution in [2.75, 3.05) is 0 Å². The second-order valence-corrected chi connectivity index (χ2v) is 5.91.